The van der Waals surface area contributed by atoms with Crippen LogP contribution in [0.25, 0.3) is 0 Å². The van der Waals surface area contributed by atoms with E-state index in [9.17, 15) is 35.9 Å². The van der Waals surface area contributed by atoms with Crippen molar-refractivity contribution in [2.45, 2.75) is 12.4 Å². The minimum absolute atomic E-state index is 0.0238. The van der Waals surface area contributed by atoms with E-state index in [1.54, 1.807) is 10.6 Å². The average Bonchev–Trinajstić information content (AvgIpc) is 2.54. The second-order valence-corrected chi connectivity index (χ2v) is 6.05. The average molecular weight is 445 g/mol. The molecular weight excluding hydrogens is 437 g/mol. The van der Waals surface area contributed by atoms with Crippen LogP contribution in [0, 0.1) is 0 Å². The van der Waals surface area contributed by atoms with Crippen LogP contribution in [0.4, 0.5) is 36.8 Å². The van der Waals surface area contributed by atoms with Crippen LogP contribution in [-0.4, -0.2) is 11.9 Å². The molecule has 0 unspecified atom stereocenters. The summed E-state index contributed by atoms with van der Waals surface area (Å²) < 4.78 is 77.5. The number of halogens is 8. The molecule has 0 aromatic heterocycles. The topological polar surface area (TPSA) is 58.2 Å². The highest BCUT2D eigenvalue weighted by molar-refractivity contribution is 6.35. The van der Waals surface area contributed by atoms with Crippen molar-refractivity contribution in [3.63, 3.8) is 0 Å². The summed E-state index contributed by atoms with van der Waals surface area (Å²) in [6.07, 6.45) is -10.3. The highest BCUT2D eigenvalue weighted by Crippen LogP contribution is 2.42. The van der Waals surface area contributed by atoms with Crippen LogP contribution in [0.2, 0.25) is 10.0 Å². The normalized spacial score (nSPS) is 11.9. The predicted octanol–water partition coefficient (Wildman–Crippen LogP) is 5.99. The number of anilines is 1. The maximum atomic E-state index is 13.0. The van der Waals surface area contributed by atoms with E-state index in [2.05, 4.69) is 0 Å². The van der Waals surface area contributed by atoms with E-state index in [1.165, 1.54) is 24.3 Å². The number of nitrogens with one attached hydrogen (secondary N) is 2. The van der Waals surface area contributed by atoms with Crippen molar-refractivity contribution in [1.29, 1.82) is 0 Å². The van der Waals surface area contributed by atoms with Gasteiger partial charge in [-0.1, -0.05) is 35.3 Å². The number of alkyl halides is 6. The van der Waals surface area contributed by atoms with E-state index in [1.807, 2.05) is 0 Å². The van der Waals surface area contributed by atoms with Gasteiger partial charge in [0.25, 0.3) is 5.91 Å². The van der Waals surface area contributed by atoms with Crippen LogP contribution in [0.5, 0.6) is 0 Å². The Bertz CT molecular complexity index is 928. The summed E-state index contributed by atoms with van der Waals surface area (Å²) >= 11 is 11.3. The Kier molecular flexibility index (Phi) is 6.15. The van der Waals surface area contributed by atoms with Crippen LogP contribution in [0.15, 0.2) is 36.4 Å². The molecule has 0 aliphatic rings. The molecule has 2 rings (SSSR count). The molecule has 28 heavy (non-hydrogen) atoms. The number of rotatable bonds is 2. The molecule has 0 aliphatic carbocycles. The predicted molar refractivity (Wildman–Crippen MR) is 89.4 cm³/mol. The molecule has 0 heterocycles. The maximum absolute atomic E-state index is 13.0. The molecule has 4 nitrogen and oxygen atoms in total. The highest BCUT2D eigenvalue weighted by atomic mass is 35.5. The van der Waals surface area contributed by atoms with E-state index in [-0.39, 0.29) is 22.7 Å². The van der Waals surface area contributed by atoms with Gasteiger partial charge in [0, 0.05) is 0 Å². The molecule has 0 fully saturated rings. The lowest BCUT2D eigenvalue weighted by Gasteiger charge is -2.17. The Morgan fingerprint density at radius 3 is 2.04 bits per heavy atom. The molecule has 0 bridgehead atoms. The summed E-state index contributed by atoms with van der Waals surface area (Å²) in [7, 11) is 0. The molecule has 2 N–H and O–H groups in total. The van der Waals surface area contributed by atoms with Crippen molar-refractivity contribution in [2.75, 3.05) is 5.32 Å². The summed E-state index contributed by atoms with van der Waals surface area (Å²) in [5, 5.41) is 2.25. The molecule has 0 saturated carbocycles. The summed E-state index contributed by atoms with van der Waals surface area (Å²) in [5.41, 5.74) is -4.59. The van der Waals surface area contributed by atoms with Crippen molar-refractivity contribution in [3.8, 4) is 0 Å². The van der Waals surface area contributed by atoms with Crippen LogP contribution in [0.1, 0.15) is 21.5 Å². The van der Waals surface area contributed by atoms with Crippen LogP contribution >= 0.6 is 23.2 Å². The Hall–Kier alpha value is -2.46. The quantitative estimate of drug-likeness (QED) is 0.558. The fraction of sp³-hybridized carbons (Fsp3) is 0.125. The SMILES string of the molecule is O=C(NC(=O)c1ccccc1Cl)Nc1cc(C(F)(F)F)cc(C(F)(F)F)c1Cl. The molecule has 0 atom stereocenters. The number of benzene rings is 2. The van der Waals surface area contributed by atoms with Gasteiger partial charge in [-0.05, 0) is 24.3 Å². The van der Waals surface area contributed by atoms with Gasteiger partial charge in [-0.2, -0.15) is 26.3 Å². The van der Waals surface area contributed by atoms with Gasteiger partial charge in [-0.15, -0.1) is 0 Å². The van der Waals surface area contributed by atoms with Crippen LogP contribution < -0.4 is 10.6 Å². The second kappa shape index (κ2) is 7.88. The summed E-state index contributed by atoms with van der Waals surface area (Å²) in [6, 6.07) is 4.16. The molecular formula is C16H8Cl2F6N2O2. The van der Waals surface area contributed by atoms with Gasteiger partial charge >= 0.3 is 18.4 Å². The molecule has 0 saturated heterocycles. The van der Waals surface area contributed by atoms with E-state index >= 15 is 0 Å². The lowest BCUT2D eigenvalue weighted by molar-refractivity contribution is -0.142. The first-order valence-corrected chi connectivity index (χ1v) is 7.91. The van der Waals surface area contributed by atoms with E-state index < -0.39 is 46.1 Å². The zero-order valence-corrected chi connectivity index (χ0v) is 14.8. The number of hydrogen-bond acceptors (Lipinski definition) is 2. The molecule has 0 radical (unpaired) electrons. The lowest BCUT2D eigenvalue weighted by atomic mass is 10.1. The Labute approximate surface area is 163 Å². The van der Waals surface area contributed by atoms with E-state index in [4.69, 9.17) is 23.2 Å². The van der Waals surface area contributed by atoms with E-state index in [0.717, 1.165) is 0 Å². The maximum Gasteiger partial charge on any atom is 0.417 e. The van der Waals surface area contributed by atoms with Crippen molar-refractivity contribution < 1.29 is 35.9 Å². The third-order valence-electron chi connectivity index (χ3n) is 3.30. The zero-order chi connectivity index (χ0) is 21.3. The minimum atomic E-state index is -5.21. The number of imide groups is 1. The first-order chi connectivity index (χ1) is 12.8. The lowest BCUT2D eigenvalue weighted by Crippen LogP contribution is -2.34. The van der Waals surface area contributed by atoms with Crippen molar-refractivity contribution in [2.24, 2.45) is 0 Å². The smallest absolute Gasteiger partial charge is 0.306 e. The molecule has 2 aromatic rings. The molecule has 0 aliphatic heterocycles. The van der Waals surface area contributed by atoms with Gasteiger partial charge in [0.2, 0.25) is 0 Å². The Morgan fingerprint density at radius 2 is 1.50 bits per heavy atom. The first-order valence-electron chi connectivity index (χ1n) is 7.15. The van der Waals surface area contributed by atoms with Crippen molar-refractivity contribution >= 4 is 40.8 Å². The van der Waals surface area contributed by atoms with E-state index in [0.29, 0.717) is 0 Å². The van der Waals surface area contributed by atoms with Gasteiger partial charge in [0.15, 0.2) is 0 Å². The van der Waals surface area contributed by atoms with Gasteiger partial charge in [-0.25, -0.2) is 4.79 Å². The number of hydrogen-bond donors (Lipinski definition) is 2. The molecule has 150 valence electrons. The second-order valence-electron chi connectivity index (χ2n) is 5.27. The third-order valence-corrected chi connectivity index (χ3v) is 4.04. The monoisotopic (exact) mass is 444 g/mol. The standard InChI is InChI=1S/C16H8Cl2F6N2O2/c17-10-4-2-1-3-8(10)13(27)26-14(28)25-11-6-7(15(19,20)21)5-9(12(11)18)16(22,23)24/h1-6H,(H2,25,26,27,28). The van der Waals surface area contributed by atoms with Crippen LogP contribution in [0.3, 0.4) is 0 Å². The number of amides is 3. The largest absolute Gasteiger partial charge is 0.417 e. The minimum Gasteiger partial charge on any atom is -0.306 e. The Balaban J connectivity index is 2.33. The zero-order valence-electron chi connectivity index (χ0n) is 13.3. The molecule has 12 heteroatoms. The summed E-state index contributed by atoms with van der Waals surface area (Å²) in [5.74, 6) is -1.03. The van der Waals surface area contributed by atoms with Gasteiger partial charge in [0.05, 0.1) is 32.4 Å². The third kappa shape index (κ3) is 5.08. The first kappa shape index (κ1) is 21.8. The fourth-order valence-corrected chi connectivity index (χ4v) is 2.54. The molecule has 2 aromatic carbocycles. The van der Waals surface area contributed by atoms with Crippen molar-refractivity contribution in [1.82, 2.24) is 5.32 Å². The number of urea groups is 1. The van der Waals surface area contributed by atoms with Gasteiger partial charge in [0.1, 0.15) is 0 Å². The number of carbonyl (C=O) groups is 2. The number of carbonyl (C=O) groups excluding carboxylic acids is 2. The van der Waals surface area contributed by atoms with Gasteiger partial charge in [-0.3, -0.25) is 10.1 Å². The molecule has 3 amide bonds. The highest BCUT2D eigenvalue weighted by Gasteiger charge is 2.39. The summed E-state index contributed by atoms with van der Waals surface area (Å²) in [4.78, 5) is 23.8. The van der Waals surface area contributed by atoms with Crippen molar-refractivity contribution in [3.05, 3.63) is 63.1 Å². The fourth-order valence-electron chi connectivity index (χ4n) is 2.05. The summed E-state index contributed by atoms with van der Waals surface area (Å²) in [6.45, 7) is 0. The molecule has 0 spiro atoms. The van der Waals surface area contributed by atoms with Gasteiger partial charge < -0.3 is 5.32 Å². The Morgan fingerprint density at radius 1 is 0.893 bits per heavy atom. The van der Waals surface area contributed by atoms with Crippen LogP contribution in [-0.2, 0) is 12.4 Å².